The Morgan fingerprint density at radius 1 is 1.20 bits per heavy atom. The van der Waals surface area contributed by atoms with Crippen LogP contribution in [-0.4, -0.2) is 7.05 Å². The van der Waals surface area contributed by atoms with Crippen LogP contribution in [0.3, 0.4) is 0 Å². The van der Waals surface area contributed by atoms with Crippen molar-refractivity contribution in [2.24, 2.45) is 0 Å². The highest BCUT2D eigenvalue weighted by atomic mass is 16.5. The Balaban J connectivity index is 1.72. The van der Waals surface area contributed by atoms with E-state index >= 15 is 0 Å². The average molecular weight is 267 g/mol. The van der Waals surface area contributed by atoms with Crippen LogP contribution >= 0.6 is 0 Å². The Morgan fingerprint density at radius 2 is 2.05 bits per heavy atom. The van der Waals surface area contributed by atoms with Crippen LogP contribution in [0.1, 0.15) is 34.7 Å². The molecule has 3 rings (SSSR count). The van der Waals surface area contributed by atoms with Crippen LogP contribution in [0.15, 0.2) is 42.5 Å². The van der Waals surface area contributed by atoms with Crippen molar-refractivity contribution < 1.29 is 4.74 Å². The zero-order valence-corrected chi connectivity index (χ0v) is 12.1. The van der Waals surface area contributed by atoms with Crippen molar-refractivity contribution in [3.8, 4) is 5.75 Å². The average Bonchev–Trinajstić information content (AvgIpc) is 2.88. The lowest BCUT2D eigenvalue weighted by atomic mass is 10.1. The van der Waals surface area contributed by atoms with Crippen molar-refractivity contribution in [1.82, 2.24) is 5.32 Å². The van der Waals surface area contributed by atoms with E-state index in [-0.39, 0.29) is 0 Å². The van der Waals surface area contributed by atoms with Crippen LogP contribution in [0.2, 0.25) is 0 Å². The molecule has 0 saturated heterocycles. The SMILES string of the molecule is CNC1CCc2cc(OCc3ccccc3C)ccc21. The van der Waals surface area contributed by atoms with Gasteiger partial charge in [-0.15, -0.1) is 0 Å². The van der Waals surface area contributed by atoms with Crippen molar-refractivity contribution in [2.75, 3.05) is 7.05 Å². The fraction of sp³-hybridized carbons (Fsp3) is 0.333. The number of rotatable bonds is 4. The second-order valence-electron chi connectivity index (χ2n) is 5.46. The summed E-state index contributed by atoms with van der Waals surface area (Å²) in [6, 6.07) is 15.4. The van der Waals surface area contributed by atoms with Gasteiger partial charge in [0, 0.05) is 6.04 Å². The summed E-state index contributed by atoms with van der Waals surface area (Å²) in [4.78, 5) is 0. The molecule has 1 aliphatic carbocycles. The van der Waals surface area contributed by atoms with Gasteiger partial charge in [-0.05, 0) is 61.2 Å². The number of nitrogens with one attached hydrogen (secondary N) is 1. The van der Waals surface area contributed by atoms with Crippen LogP contribution in [0.4, 0.5) is 0 Å². The molecule has 1 atom stereocenters. The first-order valence-electron chi connectivity index (χ1n) is 7.25. The molecule has 0 amide bonds. The van der Waals surface area contributed by atoms with E-state index in [1.165, 1.54) is 28.7 Å². The summed E-state index contributed by atoms with van der Waals surface area (Å²) < 4.78 is 5.95. The largest absolute Gasteiger partial charge is 0.489 e. The summed E-state index contributed by atoms with van der Waals surface area (Å²) in [7, 11) is 2.03. The zero-order chi connectivity index (χ0) is 13.9. The van der Waals surface area contributed by atoms with Gasteiger partial charge < -0.3 is 10.1 Å². The van der Waals surface area contributed by atoms with Gasteiger partial charge in [-0.2, -0.15) is 0 Å². The molecular weight excluding hydrogens is 246 g/mol. The zero-order valence-electron chi connectivity index (χ0n) is 12.1. The molecule has 2 aromatic carbocycles. The summed E-state index contributed by atoms with van der Waals surface area (Å²) in [6.45, 7) is 2.76. The second-order valence-corrected chi connectivity index (χ2v) is 5.46. The van der Waals surface area contributed by atoms with Crippen molar-refractivity contribution in [3.05, 3.63) is 64.7 Å². The lowest BCUT2D eigenvalue weighted by Gasteiger charge is -2.12. The standard InChI is InChI=1S/C18H21NO/c1-13-5-3-4-6-15(13)12-20-16-8-9-17-14(11-16)7-10-18(17)19-2/h3-6,8-9,11,18-19H,7,10,12H2,1-2H3. The highest BCUT2D eigenvalue weighted by Crippen LogP contribution is 2.33. The minimum Gasteiger partial charge on any atom is -0.489 e. The third-order valence-electron chi connectivity index (χ3n) is 4.20. The van der Waals surface area contributed by atoms with E-state index in [2.05, 4.69) is 54.7 Å². The normalized spacial score (nSPS) is 17.0. The predicted octanol–water partition coefficient (Wildman–Crippen LogP) is 3.78. The van der Waals surface area contributed by atoms with E-state index in [9.17, 15) is 0 Å². The van der Waals surface area contributed by atoms with Gasteiger partial charge in [0.25, 0.3) is 0 Å². The lowest BCUT2D eigenvalue weighted by molar-refractivity contribution is 0.305. The molecule has 1 unspecified atom stereocenters. The Bertz CT molecular complexity index is 606. The smallest absolute Gasteiger partial charge is 0.120 e. The fourth-order valence-electron chi connectivity index (χ4n) is 2.92. The van der Waals surface area contributed by atoms with Crippen molar-refractivity contribution in [3.63, 3.8) is 0 Å². The molecular formula is C18H21NO. The maximum Gasteiger partial charge on any atom is 0.120 e. The van der Waals surface area contributed by atoms with Crippen molar-refractivity contribution in [2.45, 2.75) is 32.4 Å². The fourth-order valence-corrected chi connectivity index (χ4v) is 2.92. The second kappa shape index (κ2) is 5.68. The monoisotopic (exact) mass is 267 g/mol. The number of fused-ring (bicyclic) bond motifs is 1. The molecule has 0 aromatic heterocycles. The molecule has 0 radical (unpaired) electrons. The number of aryl methyl sites for hydroxylation is 2. The van der Waals surface area contributed by atoms with Gasteiger partial charge >= 0.3 is 0 Å². The molecule has 20 heavy (non-hydrogen) atoms. The van der Waals surface area contributed by atoms with Gasteiger partial charge in [-0.3, -0.25) is 0 Å². The first-order valence-corrected chi connectivity index (χ1v) is 7.25. The van der Waals surface area contributed by atoms with Crippen LogP contribution in [0, 0.1) is 6.92 Å². The van der Waals surface area contributed by atoms with E-state index in [1.54, 1.807) is 0 Å². The predicted molar refractivity (Wildman–Crippen MR) is 82.1 cm³/mol. The van der Waals surface area contributed by atoms with Gasteiger partial charge in [0.05, 0.1) is 0 Å². The molecule has 0 bridgehead atoms. The van der Waals surface area contributed by atoms with Crippen LogP contribution in [0.5, 0.6) is 5.75 Å². The highest BCUT2D eigenvalue weighted by Gasteiger charge is 2.21. The first-order chi connectivity index (χ1) is 9.78. The molecule has 0 spiro atoms. The summed E-state index contributed by atoms with van der Waals surface area (Å²) in [5.74, 6) is 0.976. The Morgan fingerprint density at radius 3 is 2.85 bits per heavy atom. The van der Waals surface area contributed by atoms with Crippen LogP contribution in [0.25, 0.3) is 0 Å². The quantitative estimate of drug-likeness (QED) is 0.910. The molecule has 2 nitrogen and oxygen atoms in total. The molecule has 2 heteroatoms. The van der Waals surface area contributed by atoms with Gasteiger partial charge in [0.15, 0.2) is 0 Å². The van der Waals surface area contributed by atoms with E-state index in [0.717, 1.165) is 12.2 Å². The van der Waals surface area contributed by atoms with Crippen LogP contribution < -0.4 is 10.1 Å². The van der Waals surface area contributed by atoms with Gasteiger partial charge in [-0.1, -0.05) is 30.3 Å². The number of ether oxygens (including phenoxy) is 1. The number of hydrogen-bond acceptors (Lipinski definition) is 2. The van der Waals surface area contributed by atoms with Crippen molar-refractivity contribution >= 4 is 0 Å². The minimum absolute atomic E-state index is 0.510. The van der Waals surface area contributed by atoms with E-state index in [0.29, 0.717) is 12.6 Å². The molecule has 1 N–H and O–H groups in total. The molecule has 0 aliphatic heterocycles. The van der Waals surface area contributed by atoms with Gasteiger partial charge in [-0.25, -0.2) is 0 Å². The lowest BCUT2D eigenvalue weighted by Crippen LogP contribution is -2.12. The third kappa shape index (κ3) is 2.56. The maximum absolute atomic E-state index is 5.95. The summed E-state index contributed by atoms with van der Waals surface area (Å²) >= 11 is 0. The summed E-state index contributed by atoms with van der Waals surface area (Å²) in [6.07, 6.45) is 2.33. The van der Waals surface area contributed by atoms with Gasteiger partial charge in [0.1, 0.15) is 12.4 Å². The van der Waals surface area contributed by atoms with E-state index in [4.69, 9.17) is 4.74 Å². The molecule has 104 valence electrons. The number of benzene rings is 2. The molecule has 0 heterocycles. The topological polar surface area (TPSA) is 21.3 Å². The number of hydrogen-bond donors (Lipinski definition) is 1. The summed E-state index contributed by atoms with van der Waals surface area (Å²) in [5.41, 5.74) is 5.38. The van der Waals surface area contributed by atoms with Crippen LogP contribution in [-0.2, 0) is 13.0 Å². The molecule has 1 aliphatic rings. The molecule has 0 saturated carbocycles. The third-order valence-corrected chi connectivity index (χ3v) is 4.20. The highest BCUT2D eigenvalue weighted by molar-refractivity contribution is 5.40. The minimum atomic E-state index is 0.510. The van der Waals surface area contributed by atoms with E-state index in [1.807, 2.05) is 7.05 Å². The molecule has 2 aromatic rings. The van der Waals surface area contributed by atoms with Crippen molar-refractivity contribution in [1.29, 1.82) is 0 Å². The van der Waals surface area contributed by atoms with Gasteiger partial charge in [0.2, 0.25) is 0 Å². The molecule has 0 fully saturated rings. The Kier molecular flexibility index (Phi) is 3.75. The maximum atomic E-state index is 5.95. The first kappa shape index (κ1) is 13.2. The van der Waals surface area contributed by atoms with E-state index < -0.39 is 0 Å². The Hall–Kier alpha value is -1.80. The summed E-state index contributed by atoms with van der Waals surface area (Å²) in [5, 5.41) is 3.36. The Labute approximate surface area is 120 Å².